The second-order valence-electron chi connectivity index (χ2n) is 7.30. The van der Waals surface area contributed by atoms with Crippen LogP contribution >= 0.6 is 0 Å². The van der Waals surface area contributed by atoms with Crippen LogP contribution in [0.3, 0.4) is 0 Å². The van der Waals surface area contributed by atoms with Crippen molar-refractivity contribution in [2.24, 2.45) is 5.92 Å². The van der Waals surface area contributed by atoms with E-state index < -0.39 is 0 Å². The molecule has 1 aliphatic rings. The molecular formula is C21H23N3O4. The summed E-state index contributed by atoms with van der Waals surface area (Å²) in [5.41, 5.74) is 2.58. The lowest BCUT2D eigenvalue weighted by Crippen LogP contribution is -2.31. The van der Waals surface area contributed by atoms with Gasteiger partial charge in [-0.1, -0.05) is 25.1 Å². The lowest BCUT2D eigenvalue weighted by Gasteiger charge is -2.24. The summed E-state index contributed by atoms with van der Waals surface area (Å²) in [7, 11) is 0. The highest BCUT2D eigenvalue weighted by molar-refractivity contribution is 5.97. The molecule has 7 nitrogen and oxygen atoms in total. The van der Waals surface area contributed by atoms with Crippen LogP contribution < -0.4 is 14.8 Å². The van der Waals surface area contributed by atoms with E-state index in [1.165, 1.54) is 6.20 Å². The predicted molar refractivity (Wildman–Crippen MR) is 104 cm³/mol. The first-order chi connectivity index (χ1) is 13.5. The van der Waals surface area contributed by atoms with Crippen molar-refractivity contribution in [2.45, 2.75) is 33.2 Å². The third kappa shape index (κ3) is 3.52. The zero-order valence-electron chi connectivity index (χ0n) is 16.2. The Kier molecular flexibility index (Phi) is 4.90. The minimum absolute atomic E-state index is 0.177. The van der Waals surface area contributed by atoms with Crippen molar-refractivity contribution >= 4 is 17.0 Å². The molecule has 3 aromatic rings. The molecule has 28 heavy (non-hydrogen) atoms. The number of fused-ring (bicyclic) bond motifs is 2. The monoisotopic (exact) mass is 381 g/mol. The maximum absolute atomic E-state index is 12.9. The first-order valence-corrected chi connectivity index (χ1v) is 9.45. The van der Waals surface area contributed by atoms with Crippen LogP contribution in [0.25, 0.3) is 11.1 Å². The second-order valence-corrected chi connectivity index (χ2v) is 7.30. The molecule has 0 saturated heterocycles. The van der Waals surface area contributed by atoms with Gasteiger partial charge in [0.2, 0.25) is 0 Å². The van der Waals surface area contributed by atoms with Crippen molar-refractivity contribution in [3.63, 3.8) is 0 Å². The lowest BCUT2D eigenvalue weighted by atomic mass is 9.95. The molecule has 1 aromatic carbocycles. The van der Waals surface area contributed by atoms with E-state index in [2.05, 4.69) is 29.3 Å². The molecule has 7 heteroatoms. The van der Waals surface area contributed by atoms with Gasteiger partial charge in [-0.3, -0.25) is 4.79 Å². The van der Waals surface area contributed by atoms with Crippen molar-refractivity contribution < 1.29 is 18.8 Å². The van der Waals surface area contributed by atoms with Crippen molar-refractivity contribution in [3.05, 3.63) is 47.3 Å². The summed E-state index contributed by atoms with van der Waals surface area (Å²) in [6, 6.07) is 7.42. The fourth-order valence-corrected chi connectivity index (χ4v) is 3.30. The Balaban J connectivity index is 1.60. The zero-order chi connectivity index (χ0) is 19.7. The fraction of sp³-hybridized carbons (Fsp3) is 0.381. The maximum Gasteiger partial charge on any atom is 0.257 e. The van der Waals surface area contributed by atoms with E-state index in [1.807, 2.05) is 25.1 Å². The Morgan fingerprint density at radius 3 is 2.71 bits per heavy atom. The largest absolute Gasteiger partial charge is 0.490 e. The highest BCUT2D eigenvalue weighted by Gasteiger charge is 2.22. The number of hydrogen-bond donors (Lipinski definition) is 1. The van der Waals surface area contributed by atoms with Crippen LogP contribution in [-0.2, 0) is 0 Å². The molecule has 2 aromatic heterocycles. The Morgan fingerprint density at radius 1 is 1.14 bits per heavy atom. The van der Waals surface area contributed by atoms with Gasteiger partial charge in [-0.25, -0.2) is 4.98 Å². The third-order valence-corrected chi connectivity index (χ3v) is 4.86. The van der Waals surface area contributed by atoms with Crippen molar-refractivity contribution in [2.75, 3.05) is 13.2 Å². The van der Waals surface area contributed by atoms with E-state index in [1.54, 1.807) is 6.07 Å². The van der Waals surface area contributed by atoms with Crippen LogP contribution in [0, 0.1) is 12.8 Å². The number of carbonyl (C=O) groups is 1. The molecule has 1 amide bonds. The van der Waals surface area contributed by atoms with Crippen LogP contribution in [0.4, 0.5) is 0 Å². The standard InChI is InChI=1S/C21H23N3O4/c1-12(2)19(14-5-6-17-18(10-14)27-8-4-7-26-17)23-20(25)15-9-16-13(3)24-28-21(16)22-11-15/h5-6,9-12,19H,4,7-8H2,1-3H3,(H,23,25). The van der Waals surface area contributed by atoms with Crippen LogP contribution in [0.2, 0.25) is 0 Å². The van der Waals surface area contributed by atoms with Crippen molar-refractivity contribution in [3.8, 4) is 11.5 Å². The molecule has 0 aliphatic carbocycles. The van der Waals surface area contributed by atoms with Crippen molar-refractivity contribution in [1.29, 1.82) is 0 Å². The van der Waals surface area contributed by atoms with Gasteiger partial charge in [-0.15, -0.1) is 0 Å². The molecular weight excluding hydrogens is 358 g/mol. The number of benzene rings is 1. The molecule has 1 unspecified atom stereocenters. The SMILES string of the molecule is Cc1noc2ncc(C(=O)NC(c3ccc4c(c3)OCCCO4)C(C)C)cc12. The molecule has 0 radical (unpaired) electrons. The normalized spacial score (nSPS) is 14.7. The van der Waals surface area contributed by atoms with Gasteiger partial charge in [-0.05, 0) is 36.6 Å². The van der Waals surface area contributed by atoms with Crippen LogP contribution in [0.1, 0.15) is 47.9 Å². The molecule has 0 bridgehead atoms. The summed E-state index contributed by atoms with van der Waals surface area (Å²) in [5.74, 6) is 1.45. The topological polar surface area (TPSA) is 86.5 Å². The summed E-state index contributed by atoms with van der Waals surface area (Å²) in [5, 5.41) is 7.75. The maximum atomic E-state index is 12.9. The Bertz CT molecular complexity index is 1010. The summed E-state index contributed by atoms with van der Waals surface area (Å²) in [6.07, 6.45) is 2.36. The van der Waals surface area contributed by atoms with Crippen LogP contribution in [-0.4, -0.2) is 29.3 Å². The summed E-state index contributed by atoms with van der Waals surface area (Å²) >= 11 is 0. The molecule has 1 atom stereocenters. The van der Waals surface area contributed by atoms with Crippen molar-refractivity contribution in [1.82, 2.24) is 15.5 Å². The lowest BCUT2D eigenvalue weighted by molar-refractivity contribution is 0.0925. The molecule has 0 saturated carbocycles. The summed E-state index contributed by atoms with van der Waals surface area (Å²) in [6.45, 7) is 7.23. The minimum Gasteiger partial charge on any atom is -0.490 e. The fourth-order valence-electron chi connectivity index (χ4n) is 3.30. The number of aromatic nitrogens is 2. The number of nitrogens with zero attached hydrogens (tertiary/aromatic N) is 2. The minimum atomic E-state index is -0.194. The van der Waals surface area contributed by atoms with E-state index in [-0.39, 0.29) is 17.9 Å². The first-order valence-electron chi connectivity index (χ1n) is 9.45. The van der Waals surface area contributed by atoms with Crippen LogP contribution in [0.5, 0.6) is 11.5 Å². The van der Waals surface area contributed by atoms with E-state index in [0.717, 1.165) is 28.9 Å². The number of aryl methyl sites for hydroxylation is 1. The summed E-state index contributed by atoms with van der Waals surface area (Å²) < 4.78 is 16.6. The average Bonchev–Trinajstić information content (AvgIpc) is 2.90. The van der Waals surface area contributed by atoms with Gasteiger partial charge < -0.3 is 19.3 Å². The zero-order valence-corrected chi connectivity index (χ0v) is 16.2. The number of ether oxygens (including phenoxy) is 2. The molecule has 4 rings (SSSR count). The Labute approximate surface area is 163 Å². The molecule has 0 spiro atoms. The number of carbonyl (C=O) groups excluding carboxylic acids is 1. The van der Waals surface area contributed by atoms with E-state index in [0.29, 0.717) is 30.2 Å². The molecule has 1 N–H and O–H groups in total. The van der Waals surface area contributed by atoms with Gasteiger partial charge in [-0.2, -0.15) is 0 Å². The molecule has 0 fully saturated rings. The molecule has 3 heterocycles. The molecule has 1 aliphatic heterocycles. The molecule has 146 valence electrons. The number of rotatable bonds is 4. The predicted octanol–water partition coefficient (Wildman–Crippen LogP) is 3.82. The van der Waals surface area contributed by atoms with Gasteiger partial charge in [0.25, 0.3) is 11.6 Å². The van der Waals surface area contributed by atoms with E-state index in [9.17, 15) is 4.79 Å². The number of amides is 1. The Morgan fingerprint density at radius 2 is 1.93 bits per heavy atom. The first kappa shape index (κ1) is 18.3. The second kappa shape index (κ2) is 7.50. The van der Waals surface area contributed by atoms with Gasteiger partial charge in [0.05, 0.1) is 35.9 Å². The highest BCUT2D eigenvalue weighted by atomic mass is 16.5. The number of hydrogen-bond acceptors (Lipinski definition) is 6. The summed E-state index contributed by atoms with van der Waals surface area (Å²) in [4.78, 5) is 17.1. The van der Waals surface area contributed by atoms with Gasteiger partial charge in [0.15, 0.2) is 11.5 Å². The average molecular weight is 381 g/mol. The van der Waals surface area contributed by atoms with Crippen LogP contribution in [0.15, 0.2) is 35.0 Å². The third-order valence-electron chi connectivity index (χ3n) is 4.86. The number of pyridine rings is 1. The number of nitrogens with one attached hydrogen (secondary N) is 1. The van der Waals surface area contributed by atoms with E-state index in [4.69, 9.17) is 14.0 Å². The Hall–Kier alpha value is -3.09. The highest BCUT2D eigenvalue weighted by Crippen LogP contribution is 2.34. The van der Waals surface area contributed by atoms with Gasteiger partial charge in [0.1, 0.15) is 0 Å². The quantitative estimate of drug-likeness (QED) is 0.739. The van der Waals surface area contributed by atoms with E-state index >= 15 is 0 Å². The van der Waals surface area contributed by atoms with Gasteiger partial charge in [0, 0.05) is 12.6 Å². The van der Waals surface area contributed by atoms with Gasteiger partial charge >= 0.3 is 0 Å². The smallest absolute Gasteiger partial charge is 0.257 e.